The standard InChI is InChI=1S/C12H17NO/c1-13-9-2-3-11-4-6-12(7-5-11)8-10-14/h2-7,13-14H,8-10H2,1H3. The first-order chi connectivity index (χ1) is 6.86. The second-order valence-corrected chi connectivity index (χ2v) is 3.18. The van der Waals surface area contributed by atoms with Gasteiger partial charge < -0.3 is 10.4 Å². The number of aliphatic hydroxyl groups is 1. The minimum atomic E-state index is 0.217. The van der Waals surface area contributed by atoms with Gasteiger partial charge in [-0.25, -0.2) is 0 Å². The van der Waals surface area contributed by atoms with E-state index in [-0.39, 0.29) is 6.61 Å². The largest absolute Gasteiger partial charge is 0.396 e. The van der Waals surface area contributed by atoms with Gasteiger partial charge in [-0.3, -0.25) is 0 Å². The van der Waals surface area contributed by atoms with Crippen LogP contribution in [0.1, 0.15) is 11.1 Å². The molecule has 0 fully saturated rings. The molecule has 0 aliphatic heterocycles. The highest BCUT2D eigenvalue weighted by Gasteiger charge is 1.90. The molecule has 2 N–H and O–H groups in total. The van der Waals surface area contributed by atoms with Crippen LogP contribution in [-0.2, 0) is 6.42 Å². The van der Waals surface area contributed by atoms with Crippen molar-refractivity contribution in [1.29, 1.82) is 0 Å². The van der Waals surface area contributed by atoms with E-state index in [2.05, 4.69) is 41.7 Å². The third kappa shape index (κ3) is 3.73. The van der Waals surface area contributed by atoms with Crippen LogP contribution in [0.3, 0.4) is 0 Å². The van der Waals surface area contributed by atoms with Gasteiger partial charge in [0.1, 0.15) is 0 Å². The average molecular weight is 191 g/mol. The second-order valence-electron chi connectivity index (χ2n) is 3.18. The number of aliphatic hydroxyl groups excluding tert-OH is 1. The lowest BCUT2D eigenvalue weighted by molar-refractivity contribution is 0.299. The lowest BCUT2D eigenvalue weighted by Crippen LogP contribution is -2.03. The zero-order valence-electron chi connectivity index (χ0n) is 8.53. The van der Waals surface area contributed by atoms with Gasteiger partial charge in [0.05, 0.1) is 0 Å². The summed E-state index contributed by atoms with van der Waals surface area (Å²) >= 11 is 0. The lowest BCUT2D eigenvalue weighted by atomic mass is 10.1. The molecule has 0 atom stereocenters. The smallest absolute Gasteiger partial charge is 0.0471 e. The maximum atomic E-state index is 8.74. The van der Waals surface area contributed by atoms with Crippen LogP contribution >= 0.6 is 0 Å². The first kappa shape index (κ1) is 11.0. The fraction of sp³-hybridized carbons (Fsp3) is 0.333. The van der Waals surface area contributed by atoms with Crippen LogP contribution in [0.4, 0.5) is 0 Å². The zero-order valence-corrected chi connectivity index (χ0v) is 8.53. The van der Waals surface area contributed by atoms with Gasteiger partial charge in [-0.2, -0.15) is 0 Å². The summed E-state index contributed by atoms with van der Waals surface area (Å²) in [6.45, 7) is 1.10. The Hall–Kier alpha value is -1.12. The molecule has 1 aromatic carbocycles. The van der Waals surface area contributed by atoms with Crippen LogP contribution in [0, 0.1) is 0 Å². The molecule has 2 heteroatoms. The van der Waals surface area contributed by atoms with Crippen molar-refractivity contribution in [2.75, 3.05) is 20.2 Å². The van der Waals surface area contributed by atoms with Gasteiger partial charge in [-0.15, -0.1) is 0 Å². The molecule has 0 radical (unpaired) electrons. The van der Waals surface area contributed by atoms with Crippen molar-refractivity contribution in [2.45, 2.75) is 6.42 Å². The van der Waals surface area contributed by atoms with Gasteiger partial charge in [0.25, 0.3) is 0 Å². The first-order valence-electron chi connectivity index (χ1n) is 4.87. The van der Waals surface area contributed by atoms with E-state index in [9.17, 15) is 0 Å². The quantitative estimate of drug-likeness (QED) is 0.738. The fourth-order valence-electron chi connectivity index (χ4n) is 1.24. The van der Waals surface area contributed by atoms with Gasteiger partial charge in [0.2, 0.25) is 0 Å². The minimum Gasteiger partial charge on any atom is -0.396 e. The molecule has 1 aromatic rings. The SMILES string of the molecule is CNCC=Cc1ccc(CCO)cc1. The summed E-state index contributed by atoms with van der Waals surface area (Å²) < 4.78 is 0. The molecule has 1 rings (SSSR count). The van der Waals surface area contributed by atoms with Crippen LogP contribution in [0.15, 0.2) is 30.3 Å². The predicted octanol–water partition coefficient (Wildman–Crippen LogP) is 1.45. The van der Waals surface area contributed by atoms with Gasteiger partial charge in [0.15, 0.2) is 0 Å². The maximum absolute atomic E-state index is 8.74. The summed E-state index contributed by atoms with van der Waals surface area (Å²) in [5.74, 6) is 0. The lowest BCUT2D eigenvalue weighted by Gasteiger charge is -1.98. The summed E-state index contributed by atoms with van der Waals surface area (Å²) in [4.78, 5) is 0. The van der Waals surface area contributed by atoms with Crippen molar-refractivity contribution in [3.63, 3.8) is 0 Å². The predicted molar refractivity (Wildman–Crippen MR) is 60.2 cm³/mol. The van der Waals surface area contributed by atoms with Gasteiger partial charge >= 0.3 is 0 Å². The molecule has 14 heavy (non-hydrogen) atoms. The Bertz CT molecular complexity index is 277. The van der Waals surface area contributed by atoms with Crippen molar-refractivity contribution < 1.29 is 5.11 Å². The number of nitrogens with one attached hydrogen (secondary N) is 1. The highest BCUT2D eigenvalue weighted by atomic mass is 16.2. The normalized spacial score (nSPS) is 11.0. The van der Waals surface area contributed by atoms with Crippen molar-refractivity contribution in [2.24, 2.45) is 0 Å². The van der Waals surface area contributed by atoms with Crippen molar-refractivity contribution in [1.82, 2.24) is 5.32 Å². The molecule has 0 saturated heterocycles. The second kappa shape index (κ2) is 6.35. The van der Waals surface area contributed by atoms with Gasteiger partial charge in [0, 0.05) is 13.2 Å². The molecule has 0 spiro atoms. The number of likely N-dealkylation sites (N-methyl/N-ethyl adjacent to an activating group) is 1. The maximum Gasteiger partial charge on any atom is 0.0471 e. The number of hydrogen-bond acceptors (Lipinski definition) is 2. The Labute approximate surface area is 85.3 Å². The molecule has 0 saturated carbocycles. The van der Waals surface area contributed by atoms with Crippen molar-refractivity contribution in [3.05, 3.63) is 41.5 Å². The van der Waals surface area contributed by atoms with Crippen LogP contribution < -0.4 is 5.32 Å². The van der Waals surface area contributed by atoms with Gasteiger partial charge in [-0.05, 0) is 24.6 Å². The molecule has 0 heterocycles. The van der Waals surface area contributed by atoms with E-state index in [0.717, 1.165) is 13.0 Å². The third-order valence-corrected chi connectivity index (χ3v) is 2.01. The molecule has 0 aromatic heterocycles. The summed E-state index contributed by atoms with van der Waals surface area (Å²) in [7, 11) is 1.93. The third-order valence-electron chi connectivity index (χ3n) is 2.01. The molecule has 2 nitrogen and oxygen atoms in total. The van der Waals surface area contributed by atoms with E-state index in [0.29, 0.717) is 0 Å². The molecule has 0 amide bonds. The van der Waals surface area contributed by atoms with E-state index >= 15 is 0 Å². The molecular weight excluding hydrogens is 174 g/mol. The molecule has 0 aliphatic rings. The molecule has 76 valence electrons. The van der Waals surface area contributed by atoms with Crippen molar-refractivity contribution in [3.8, 4) is 0 Å². The summed E-state index contributed by atoms with van der Waals surface area (Å²) in [6.07, 6.45) is 4.90. The number of benzene rings is 1. The highest BCUT2D eigenvalue weighted by Crippen LogP contribution is 2.06. The average Bonchev–Trinajstić information content (AvgIpc) is 2.21. The molecular formula is C12H17NO. The molecule has 0 bridgehead atoms. The van der Waals surface area contributed by atoms with Crippen LogP contribution in [0.5, 0.6) is 0 Å². The minimum absolute atomic E-state index is 0.217. The topological polar surface area (TPSA) is 32.3 Å². The molecule has 0 aliphatic carbocycles. The van der Waals surface area contributed by atoms with E-state index in [1.165, 1.54) is 11.1 Å². The van der Waals surface area contributed by atoms with E-state index in [1.807, 2.05) is 7.05 Å². The highest BCUT2D eigenvalue weighted by molar-refractivity contribution is 5.49. The van der Waals surface area contributed by atoms with Gasteiger partial charge in [-0.1, -0.05) is 36.4 Å². The summed E-state index contributed by atoms with van der Waals surface area (Å²) in [5, 5.41) is 11.8. The first-order valence-corrected chi connectivity index (χ1v) is 4.87. The Morgan fingerprint density at radius 1 is 1.29 bits per heavy atom. The Morgan fingerprint density at radius 2 is 2.00 bits per heavy atom. The van der Waals surface area contributed by atoms with Crippen LogP contribution in [0.25, 0.3) is 6.08 Å². The van der Waals surface area contributed by atoms with E-state index in [1.54, 1.807) is 0 Å². The summed E-state index contributed by atoms with van der Waals surface area (Å²) in [6, 6.07) is 8.23. The zero-order chi connectivity index (χ0) is 10.2. The number of rotatable bonds is 5. The van der Waals surface area contributed by atoms with Crippen LogP contribution in [0.2, 0.25) is 0 Å². The van der Waals surface area contributed by atoms with Crippen LogP contribution in [-0.4, -0.2) is 25.3 Å². The fourth-order valence-corrected chi connectivity index (χ4v) is 1.24. The molecule has 0 unspecified atom stereocenters. The monoisotopic (exact) mass is 191 g/mol. The van der Waals surface area contributed by atoms with E-state index in [4.69, 9.17) is 5.11 Å². The number of hydrogen-bond donors (Lipinski definition) is 2. The Morgan fingerprint density at radius 3 is 2.57 bits per heavy atom. The summed E-state index contributed by atoms with van der Waals surface area (Å²) in [5.41, 5.74) is 2.38. The Balaban J connectivity index is 2.54. The van der Waals surface area contributed by atoms with E-state index < -0.39 is 0 Å². The van der Waals surface area contributed by atoms with Crippen molar-refractivity contribution >= 4 is 6.08 Å². The Kier molecular flexibility index (Phi) is 4.97.